The molecule has 10 nitrogen and oxygen atoms in total. The van der Waals surface area contributed by atoms with Gasteiger partial charge in [0.25, 0.3) is 5.91 Å². The average molecular weight is 536 g/mol. The Kier molecular flexibility index (Phi) is 6.58. The van der Waals surface area contributed by atoms with Gasteiger partial charge in [0.05, 0.1) is 36.6 Å². The fourth-order valence-electron chi connectivity index (χ4n) is 4.93. The first-order valence-corrected chi connectivity index (χ1v) is 15.2. The number of rotatable bonds is 5. The Bertz CT molecular complexity index is 1380. The summed E-state index contributed by atoms with van der Waals surface area (Å²) in [6.45, 7) is 1.86. The molecule has 0 atom stereocenters. The Morgan fingerprint density at radius 2 is 1.67 bits per heavy atom. The monoisotopic (exact) mass is 535 g/mol. The quantitative estimate of drug-likeness (QED) is 0.624. The number of anilines is 2. The molecule has 1 N–H and O–H groups in total. The van der Waals surface area contributed by atoms with Gasteiger partial charge in [-0.05, 0) is 55.7 Å². The second-order valence-electron chi connectivity index (χ2n) is 9.29. The summed E-state index contributed by atoms with van der Waals surface area (Å²) >= 11 is 0. The van der Waals surface area contributed by atoms with Gasteiger partial charge >= 0.3 is 0 Å². The normalized spacial score (nSPS) is 20.3. The molecule has 36 heavy (non-hydrogen) atoms. The molecular formula is C24H29N3O7S2. The van der Waals surface area contributed by atoms with Crippen molar-refractivity contribution in [2.45, 2.75) is 36.4 Å². The summed E-state index contributed by atoms with van der Waals surface area (Å²) in [6.07, 6.45) is 4.40. The predicted octanol–water partition coefficient (Wildman–Crippen LogP) is 2.48. The van der Waals surface area contributed by atoms with Crippen LogP contribution in [0.3, 0.4) is 0 Å². The molecule has 3 aliphatic rings. The van der Waals surface area contributed by atoms with Gasteiger partial charge in [-0.3, -0.25) is 9.52 Å². The molecule has 1 spiro atoms. The van der Waals surface area contributed by atoms with Crippen LogP contribution in [0.2, 0.25) is 0 Å². The van der Waals surface area contributed by atoms with Crippen LogP contribution in [-0.2, 0) is 35.3 Å². The van der Waals surface area contributed by atoms with Gasteiger partial charge in [-0.25, -0.2) is 16.8 Å². The highest BCUT2D eigenvalue weighted by Gasteiger charge is 2.48. The van der Waals surface area contributed by atoms with Crippen LogP contribution in [-0.4, -0.2) is 66.2 Å². The summed E-state index contributed by atoms with van der Waals surface area (Å²) in [7, 11) is -7.21. The maximum Gasteiger partial charge on any atom is 0.258 e. The number of hydrogen-bond acceptors (Lipinski definition) is 7. The van der Waals surface area contributed by atoms with Gasteiger partial charge in [0.1, 0.15) is 0 Å². The number of fused-ring (bicyclic) bond motifs is 2. The molecule has 2 aromatic rings. The van der Waals surface area contributed by atoms with Crippen LogP contribution < -0.4 is 9.62 Å². The molecule has 1 amide bonds. The number of carbonyl (C=O) groups is 1. The highest BCUT2D eigenvalue weighted by atomic mass is 32.2. The number of carbonyl (C=O) groups excluding carboxylic acids is 1. The topological polar surface area (TPSA) is 122 Å². The van der Waals surface area contributed by atoms with Gasteiger partial charge in [-0.15, -0.1) is 0 Å². The molecule has 2 fully saturated rings. The van der Waals surface area contributed by atoms with Gasteiger partial charge in [-0.2, -0.15) is 4.31 Å². The highest BCUT2D eigenvalue weighted by molar-refractivity contribution is 7.92. The first-order valence-electron chi connectivity index (χ1n) is 11.9. The summed E-state index contributed by atoms with van der Waals surface area (Å²) in [5.41, 5.74) is 1.62. The van der Waals surface area contributed by atoms with Crippen molar-refractivity contribution in [3.05, 3.63) is 53.6 Å². The lowest BCUT2D eigenvalue weighted by molar-refractivity contribution is -0.265. The first-order chi connectivity index (χ1) is 17.1. The molecule has 0 aliphatic carbocycles. The molecule has 0 bridgehead atoms. The van der Waals surface area contributed by atoms with Crippen LogP contribution in [0.4, 0.5) is 11.4 Å². The van der Waals surface area contributed by atoms with Crippen LogP contribution in [0.5, 0.6) is 0 Å². The smallest absolute Gasteiger partial charge is 0.258 e. The third kappa shape index (κ3) is 4.75. The molecule has 2 aromatic carbocycles. The number of sulfonamides is 2. The van der Waals surface area contributed by atoms with E-state index in [1.54, 1.807) is 30.3 Å². The summed E-state index contributed by atoms with van der Waals surface area (Å²) in [4.78, 5) is 15.3. The van der Waals surface area contributed by atoms with E-state index in [2.05, 4.69) is 4.72 Å². The molecule has 0 radical (unpaired) electrons. The van der Waals surface area contributed by atoms with Crippen LogP contribution >= 0.6 is 0 Å². The van der Waals surface area contributed by atoms with Gasteiger partial charge in [-0.1, -0.05) is 12.5 Å². The van der Waals surface area contributed by atoms with Crippen LogP contribution in [0, 0.1) is 0 Å². The molecule has 194 valence electrons. The standard InChI is InChI=1S/C24H29N3O7S2/c1-35(29,30)25-19-9-10-22-21(16-19)24(33-13-6-14-34-24)17-27(22)23(28)18-7-5-8-20(15-18)36(31,32)26-11-3-2-4-12-26/h5,7-10,15-16,25H,2-4,6,11-14,17H2,1H3. The third-order valence-electron chi connectivity index (χ3n) is 6.61. The van der Waals surface area contributed by atoms with E-state index in [4.69, 9.17) is 9.47 Å². The van der Waals surface area contributed by atoms with E-state index in [9.17, 15) is 21.6 Å². The first kappa shape index (κ1) is 25.2. The number of nitrogens with one attached hydrogen (secondary N) is 1. The van der Waals surface area contributed by atoms with Crippen LogP contribution in [0.1, 0.15) is 41.6 Å². The van der Waals surface area contributed by atoms with E-state index in [1.807, 2.05) is 0 Å². The maximum absolute atomic E-state index is 13.7. The van der Waals surface area contributed by atoms with Gasteiger partial charge in [0, 0.05) is 29.9 Å². The molecule has 12 heteroatoms. The highest BCUT2D eigenvalue weighted by Crippen LogP contribution is 2.46. The van der Waals surface area contributed by atoms with Crippen molar-refractivity contribution in [1.82, 2.24) is 4.31 Å². The minimum absolute atomic E-state index is 0.0621. The SMILES string of the molecule is CS(=O)(=O)Nc1ccc2c(c1)C1(CN2C(=O)c2cccc(S(=O)(=O)N3CCCCC3)c2)OCCCO1. The number of amides is 1. The lowest BCUT2D eigenvalue weighted by atomic mass is 10.1. The predicted molar refractivity (Wildman–Crippen MR) is 134 cm³/mol. The Hall–Kier alpha value is -2.51. The minimum Gasteiger partial charge on any atom is -0.344 e. The van der Waals surface area contributed by atoms with E-state index in [-0.39, 0.29) is 17.0 Å². The van der Waals surface area contributed by atoms with E-state index in [0.29, 0.717) is 49.7 Å². The lowest BCUT2D eigenvalue weighted by Crippen LogP contribution is -2.43. The van der Waals surface area contributed by atoms with E-state index in [0.717, 1.165) is 25.5 Å². The van der Waals surface area contributed by atoms with Crippen LogP contribution in [0.25, 0.3) is 0 Å². The Morgan fingerprint density at radius 3 is 2.36 bits per heavy atom. The number of hydrogen-bond donors (Lipinski definition) is 1. The zero-order valence-corrected chi connectivity index (χ0v) is 21.6. The average Bonchev–Trinajstić information content (AvgIpc) is 3.16. The molecule has 0 aromatic heterocycles. The molecule has 5 rings (SSSR count). The molecule has 3 heterocycles. The van der Waals surface area contributed by atoms with Crippen molar-refractivity contribution in [2.24, 2.45) is 0 Å². The van der Waals surface area contributed by atoms with E-state index >= 15 is 0 Å². The van der Waals surface area contributed by atoms with Gasteiger partial charge in [0.15, 0.2) is 0 Å². The van der Waals surface area contributed by atoms with E-state index in [1.165, 1.54) is 21.3 Å². The number of piperidine rings is 1. The zero-order valence-electron chi connectivity index (χ0n) is 20.0. The van der Waals surface area contributed by atoms with Crippen molar-refractivity contribution in [3.63, 3.8) is 0 Å². The van der Waals surface area contributed by atoms with Crippen molar-refractivity contribution >= 4 is 37.3 Å². The fraction of sp³-hybridized carbons (Fsp3) is 0.458. The largest absolute Gasteiger partial charge is 0.344 e. The van der Waals surface area contributed by atoms with E-state index < -0.39 is 31.7 Å². The number of benzene rings is 2. The van der Waals surface area contributed by atoms with Crippen molar-refractivity contribution in [3.8, 4) is 0 Å². The third-order valence-corrected chi connectivity index (χ3v) is 9.11. The van der Waals surface area contributed by atoms with Gasteiger partial charge in [0.2, 0.25) is 25.8 Å². The lowest BCUT2D eigenvalue weighted by Gasteiger charge is -2.34. The maximum atomic E-state index is 13.7. The fourth-order valence-corrected chi connectivity index (χ4v) is 7.05. The van der Waals surface area contributed by atoms with Crippen molar-refractivity contribution < 1.29 is 31.1 Å². The molecule has 3 aliphatic heterocycles. The Morgan fingerprint density at radius 1 is 0.944 bits per heavy atom. The summed E-state index contributed by atoms with van der Waals surface area (Å²) < 4.78 is 65.8. The molecule has 0 unspecified atom stereocenters. The summed E-state index contributed by atoms with van der Waals surface area (Å²) in [5, 5.41) is 0. The summed E-state index contributed by atoms with van der Waals surface area (Å²) in [5.74, 6) is -1.62. The summed E-state index contributed by atoms with van der Waals surface area (Å²) in [6, 6.07) is 10.9. The Labute approximate surface area is 211 Å². The van der Waals surface area contributed by atoms with Gasteiger partial charge < -0.3 is 14.4 Å². The minimum atomic E-state index is -3.70. The number of ether oxygens (including phenoxy) is 2. The van der Waals surface area contributed by atoms with Crippen molar-refractivity contribution in [2.75, 3.05) is 48.7 Å². The number of nitrogens with zero attached hydrogens (tertiary/aromatic N) is 2. The zero-order chi connectivity index (χ0) is 25.6. The Balaban J connectivity index is 1.49. The second kappa shape index (κ2) is 9.42. The van der Waals surface area contributed by atoms with Crippen LogP contribution in [0.15, 0.2) is 47.4 Å². The second-order valence-corrected chi connectivity index (χ2v) is 13.0. The molecular weight excluding hydrogens is 506 g/mol. The van der Waals surface area contributed by atoms with Crippen molar-refractivity contribution in [1.29, 1.82) is 0 Å². The molecule has 0 saturated carbocycles. The molecule has 2 saturated heterocycles.